The fourth-order valence-corrected chi connectivity index (χ4v) is 4.92. The van der Waals surface area contributed by atoms with E-state index in [-0.39, 0.29) is 6.10 Å². The van der Waals surface area contributed by atoms with Gasteiger partial charge in [-0.3, -0.25) is 4.55 Å². The predicted octanol–water partition coefficient (Wildman–Crippen LogP) is 7.45. The molecule has 0 saturated carbocycles. The van der Waals surface area contributed by atoms with Crippen LogP contribution < -0.4 is 0 Å². The summed E-state index contributed by atoms with van der Waals surface area (Å²) in [6, 6.07) is 0. The van der Waals surface area contributed by atoms with Crippen LogP contribution in [0, 0.1) is 0 Å². The Balaban J connectivity index is 3.28. The number of aliphatic hydroxyl groups is 1. The fraction of sp³-hybridized carbons (Fsp3) is 1.00. The second-order valence-electron chi connectivity index (χ2n) is 8.87. The van der Waals surface area contributed by atoms with E-state index in [1.165, 1.54) is 89.9 Å². The van der Waals surface area contributed by atoms with Gasteiger partial charge in [-0.1, -0.05) is 117 Å². The average molecular weight is 435 g/mol. The van der Waals surface area contributed by atoms with Crippen LogP contribution in [0.4, 0.5) is 0 Å². The Labute approximate surface area is 182 Å². The van der Waals surface area contributed by atoms with Crippen LogP contribution in [0.5, 0.6) is 0 Å². The van der Waals surface area contributed by atoms with E-state index in [1.54, 1.807) is 0 Å². The lowest BCUT2D eigenvalue weighted by Crippen LogP contribution is -2.19. The van der Waals surface area contributed by atoms with Crippen molar-refractivity contribution >= 4 is 10.1 Å². The quantitative estimate of drug-likeness (QED) is 0.137. The summed E-state index contributed by atoms with van der Waals surface area (Å²) in [5.74, 6) is 0. The van der Waals surface area contributed by atoms with Gasteiger partial charge in [-0.15, -0.1) is 0 Å². The van der Waals surface area contributed by atoms with Crippen molar-refractivity contribution in [2.24, 2.45) is 0 Å². The lowest BCUT2D eigenvalue weighted by Gasteiger charge is -2.10. The second kappa shape index (κ2) is 19.8. The Kier molecular flexibility index (Phi) is 19.7. The molecular weight excluding hydrogens is 384 g/mol. The third kappa shape index (κ3) is 19.6. The summed E-state index contributed by atoms with van der Waals surface area (Å²) in [4.78, 5) is 0. The van der Waals surface area contributed by atoms with E-state index in [2.05, 4.69) is 6.92 Å². The minimum Gasteiger partial charge on any atom is -0.393 e. The molecule has 0 aromatic rings. The molecule has 4 nitrogen and oxygen atoms in total. The summed E-state index contributed by atoms with van der Waals surface area (Å²) in [6.07, 6.45) is 22.6. The first-order valence-electron chi connectivity index (χ1n) is 12.6. The Bertz CT molecular complexity index is 436. The highest BCUT2D eigenvalue weighted by Crippen LogP contribution is 2.17. The van der Waals surface area contributed by atoms with E-state index in [1.807, 2.05) is 6.92 Å². The van der Waals surface area contributed by atoms with Crippen molar-refractivity contribution in [2.45, 2.75) is 154 Å². The van der Waals surface area contributed by atoms with Crippen molar-refractivity contribution in [1.29, 1.82) is 0 Å². The zero-order chi connectivity index (χ0) is 21.8. The largest absolute Gasteiger partial charge is 0.393 e. The lowest BCUT2D eigenvalue weighted by atomic mass is 10.0. The molecule has 176 valence electrons. The molecule has 0 aliphatic carbocycles. The summed E-state index contributed by atoms with van der Waals surface area (Å²) >= 11 is 0. The van der Waals surface area contributed by atoms with E-state index >= 15 is 0 Å². The molecule has 2 atom stereocenters. The molecule has 0 rings (SSSR count). The molecule has 0 aromatic carbocycles. The minimum atomic E-state index is -3.85. The summed E-state index contributed by atoms with van der Waals surface area (Å²) in [7, 11) is -3.85. The lowest BCUT2D eigenvalue weighted by molar-refractivity contribution is 0.147. The highest BCUT2D eigenvalue weighted by molar-refractivity contribution is 7.86. The summed E-state index contributed by atoms with van der Waals surface area (Å²) < 4.78 is 31.4. The molecule has 0 aliphatic rings. The monoisotopic (exact) mass is 434 g/mol. The predicted molar refractivity (Wildman–Crippen MR) is 125 cm³/mol. The van der Waals surface area contributed by atoms with Crippen molar-refractivity contribution < 1.29 is 18.1 Å². The molecule has 0 radical (unpaired) electrons. The van der Waals surface area contributed by atoms with Crippen LogP contribution in [-0.2, 0) is 10.1 Å². The zero-order valence-corrected chi connectivity index (χ0v) is 20.2. The van der Waals surface area contributed by atoms with Crippen molar-refractivity contribution in [3.63, 3.8) is 0 Å². The van der Waals surface area contributed by atoms with Gasteiger partial charge in [0.15, 0.2) is 0 Å². The van der Waals surface area contributed by atoms with E-state index < -0.39 is 15.4 Å². The van der Waals surface area contributed by atoms with Gasteiger partial charge in [-0.25, -0.2) is 0 Å². The van der Waals surface area contributed by atoms with E-state index in [4.69, 9.17) is 4.55 Å². The number of hydrogen-bond donors (Lipinski definition) is 2. The van der Waals surface area contributed by atoms with Crippen LogP contribution in [0.2, 0.25) is 0 Å². The molecule has 0 saturated heterocycles. The summed E-state index contributed by atoms with van der Waals surface area (Å²) in [5.41, 5.74) is 0. The van der Waals surface area contributed by atoms with Gasteiger partial charge in [0.25, 0.3) is 10.1 Å². The molecule has 0 fully saturated rings. The maximum atomic E-state index is 11.1. The van der Waals surface area contributed by atoms with Crippen LogP contribution in [0.3, 0.4) is 0 Å². The molecule has 29 heavy (non-hydrogen) atoms. The van der Waals surface area contributed by atoms with Crippen molar-refractivity contribution in [3.05, 3.63) is 0 Å². The second-order valence-corrected chi connectivity index (χ2v) is 10.6. The van der Waals surface area contributed by atoms with Gasteiger partial charge in [-0.2, -0.15) is 8.42 Å². The molecule has 0 amide bonds. The van der Waals surface area contributed by atoms with E-state index in [0.29, 0.717) is 12.8 Å². The number of unbranched alkanes of at least 4 members (excludes halogenated alkanes) is 14. The highest BCUT2D eigenvalue weighted by atomic mass is 32.2. The van der Waals surface area contributed by atoms with Gasteiger partial charge < -0.3 is 5.11 Å². The molecule has 0 bridgehead atoms. The topological polar surface area (TPSA) is 74.6 Å². The fourth-order valence-electron chi connectivity index (χ4n) is 4.03. The van der Waals surface area contributed by atoms with Gasteiger partial charge in [0, 0.05) is 0 Å². The normalized spacial score (nSPS) is 14.2. The van der Waals surface area contributed by atoms with Gasteiger partial charge in [0.1, 0.15) is 0 Å². The minimum absolute atomic E-state index is 0.0762. The highest BCUT2D eigenvalue weighted by Gasteiger charge is 2.19. The molecule has 0 aromatic heterocycles. The average Bonchev–Trinajstić information content (AvgIpc) is 2.67. The smallest absolute Gasteiger partial charge is 0.267 e. The van der Waals surface area contributed by atoms with Gasteiger partial charge in [0.2, 0.25) is 0 Å². The number of rotatable bonds is 22. The van der Waals surface area contributed by atoms with E-state index in [9.17, 15) is 13.5 Å². The first-order valence-corrected chi connectivity index (χ1v) is 14.1. The maximum Gasteiger partial charge on any atom is 0.267 e. The molecule has 0 spiro atoms. The molecule has 0 aliphatic heterocycles. The van der Waals surface area contributed by atoms with Crippen LogP contribution in [0.15, 0.2) is 0 Å². The molecule has 2 unspecified atom stereocenters. The number of aliphatic hydroxyl groups excluding tert-OH is 1. The van der Waals surface area contributed by atoms with Crippen LogP contribution in [0.1, 0.15) is 142 Å². The Hall–Kier alpha value is -0.130. The maximum absolute atomic E-state index is 11.1. The molecular formula is C24H50O4S. The Morgan fingerprint density at radius 3 is 1.28 bits per heavy atom. The Morgan fingerprint density at radius 2 is 0.931 bits per heavy atom. The molecule has 0 heterocycles. The van der Waals surface area contributed by atoms with Crippen molar-refractivity contribution in [2.75, 3.05) is 0 Å². The zero-order valence-electron chi connectivity index (χ0n) is 19.4. The van der Waals surface area contributed by atoms with Crippen molar-refractivity contribution in [1.82, 2.24) is 0 Å². The first kappa shape index (κ1) is 28.9. The third-order valence-corrected chi connectivity index (χ3v) is 7.49. The number of hydrogen-bond acceptors (Lipinski definition) is 3. The van der Waals surface area contributed by atoms with Gasteiger partial charge in [-0.05, 0) is 25.7 Å². The Morgan fingerprint density at radius 1 is 0.586 bits per heavy atom. The molecule has 2 N–H and O–H groups in total. The van der Waals surface area contributed by atoms with E-state index in [0.717, 1.165) is 25.7 Å². The van der Waals surface area contributed by atoms with Crippen LogP contribution >= 0.6 is 0 Å². The SMILES string of the molecule is CCCCCCC(O)CCCCCCCCCCCCCCC(CC)S(=O)(=O)O. The first-order chi connectivity index (χ1) is 13.9. The van der Waals surface area contributed by atoms with Gasteiger partial charge in [0.05, 0.1) is 11.4 Å². The molecule has 5 heteroatoms. The third-order valence-electron chi connectivity index (χ3n) is 6.08. The van der Waals surface area contributed by atoms with Crippen LogP contribution in [0.25, 0.3) is 0 Å². The standard InChI is InChI=1S/C24H50O4S/c1-3-5-6-17-20-23(25)21-18-15-13-11-9-7-8-10-12-14-16-19-22-24(4-2)29(26,27)28/h23-25H,3-22H2,1-2H3,(H,26,27,28). The summed E-state index contributed by atoms with van der Waals surface area (Å²) in [5, 5.41) is 9.39. The van der Waals surface area contributed by atoms with Gasteiger partial charge >= 0.3 is 0 Å². The van der Waals surface area contributed by atoms with Crippen LogP contribution in [-0.4, -0.2) is 29.4 Å². The van der Waals surface area contributed by atoms with Crippen molar-refractivity contribution in [3.8, 4) is 0 Å². The summed E-state index contributed by atoms with van der Waals surface area (Å²) in [6.45, 7) is 4.04.